The molecule has 2 aliphatic rings. The van der Waals surface area contributed by atoms with E-state index in [1.165, 1.54) is 16.2 Å². The highest BCUT2D eigenvalue weighted by atomic mass is 16.2. The molecule has 0 aromatic heterocycles. The van der Waals surface area contributed by atoms with E-state index < -0.39 is 5.54 Å². The standard InChI is InChI=1S/C23H27N3O2/c1-2-20-15-9-10-16-25(20)17-26-21(27)23(24-22(26)28,18-11-5-3-6-12-18)19-13-7-4-8-14-19/h3-8,11-14,20H,2,9-10,15-17H2,1H3,(H,24,28)/p+1/t20-/m0/s1. The quantitative estimate of drug-likeness (QED) is 0.785. The highest BCUT2D eigenvalue weighted by Gasteiger charge is 2.54. The predicted molar refractivity (Wildman–Crippen MR) is 108 cm³/mol. The predicted octanol–water partition coefficient (Wildman–Crippen LogP) is 2.29. The van der Waals surface area contributed by atoms with E-state index in [1.807, 2.05) is 60.7 Å². The number of nitrogens with zero attached hydrogens (tertiary/aromatic N) is 1. The molecule has 0 spiro atoms. The van der Waals surface area contributed by atoms with Gasteiger partial charge in [0, 0.05) is 0 Å². The Bertz CT molecular complexity index is 798. The van der Waals surface area contributed by atoms with Gasteiger partial charge in [0.1, 0.15) is 0 Å². The van der Waals surface area contributed by atoms with Crippen LogP contribution >= 0.6 is 0 Å². The second-order valence-corrected chi connectivity index (χ2v) is 7.81. The normalized spacial score (nSPS) is 24.2. The van der Waals surface area contributed by atoms with Crippen molar-refractivity contribution in [1.82, 2.24) is 10.2 Å². The van der Waals surface area contributed by atoms with Crippen LogP contribution in [0.4, 0.5) is 4.79 Å². The molecule has 2 fully saturated rings. The molecule has 0 aliphatic carbocycles. The summed E-state index contributed by atoms with van der Waals surface area (Å²) in [4.78, 5) is 29.5. The van der Waals surface area contributed by atoms with E-state index in [4.69, 9.17) is 0 Å². The first-order valence-corrected chi connectivity index (χ1v) is 10.3. The van der Waals surface area contributed by atoms with Crippen LogP contribution < -0.4 is 10.2 Å². The van der Waals surface area contributed by atoms with Gasteiger partial charge in [-0.05, 0) is 36.8 Å². The van der Waals surface area contributed by atoms with Gasteiger partial charge in [0.15, 0.2) is 12.2 Å². The van der Waals surface area contributed by atoms with Gasteiger partial charge >= 0.3 is 6.03 Å². The molecule has 2 aliphatic heterocycles. The van der Waals surface area contributed by atoms with Crippen molar-refractivity contribution >= 4 is 11.9 Å². The van der Waals surface area contributed by atoms with E-state index >= 15 is 0 Å². The van der Waals surface area contributed by atoms with Crippen molar-refractivity contribution in [2.45, 2.75) is 44.2 Å². The Hall–Kier alpha value is -2.66. The molecular formula is C23H28N3O2+. The van der Waals surface area contributed by atoms with E-state index in [1.54, 1.807) is 0 Å². The molecule has 0 radical (unpaired) electrons. The number of carbonyl (C=O) groups excluding carboxylic acids is 2. The number of hydrogen-bond donors (Lipinski definition) is 2. The van der Waals surface area contributed by atoms with Gasteiger partial charge in [-0.2, -0.15) is 0 Å². The zero-order chi connectivity index (χ0) is 19.6. The van der Waals surface area contributed by atoms with E-state index in [0.717, 1.165) is 36.9 Å². The fourth-order valence-electron chi connectivity index (χ4n) is 4.71. The van der Waals surface area contributed by atoms with Crippen LogP contribution in [0.25, 0.3) is 0 Å². The minimum atomic E-state index is -1.16. The SMILES string of the molecule is CC[C@H]1CCCC[NH+]1CN1C(=O)NC(c2ccccc2)(c2ccccc2)C1=O. The monoisotopic (exact) mass is 378 g/mol. The van der Waals surface area contributed by atoms with Crippen LogP contribution in [0.2, 0.25) is 0 Å². The molecule has 28 heavy (non-hydrogen) atoms. The summed E-state index contributed by atoms with van der Waals surface area (Å²) in [5.74, 6) is -0.178. The molecule has 1 unspecified atom stereocenters. The second kappa shape index (κ2) is 7.76. The lowest BCUT2D eigenvalue weighted by Gasteiger charge is -2.34. The van der Waals surface area contributed by atoms with Gasteiger partial charge in [0.2, 0.25) is 0 Å². The van der Waals surface area contributed by atoms with Crippen LogP contribution in [-0.2, 0) is 10.3 Å². The summed E-state index contributed by atoms with van der Waals surface area (Å²) < 4.78 is 0. The van der Waals surface area contributed by atoms with Crippen LogP contribution in [0, 0.1) is 0 Å². The first-order valence-electron chi connectivity index (χ1n) is 10.3. The Morgan fingerprint density at radius 3 is 2.18 bits per heavy atom. The Morgan fingerprint density at radius 2 is 1.61 bits per heavy atom. The molecule has 2 aromatic rings. The Labute approximate surface area is 166 Å². The molecule has 0 bridgehead atoms. The molecule has 2 saturated heterocycles. The van der Waals surface area contributed by atoms with Crippen molar-refractivity contribution in [2.24, 2.45) is 0 Å². The van der Waals surface area contributed by atoms with E-state index in [9.17, 15) is 9.59 Å². The van der Waals surface area contributed by atoms with Crippen LogP contribution in [-0.4, -0.2) is 36.1 Å². The maximum atomic E-state index is 13.7. The smallest absolute Gasteiger partial charge is 0.315 e. The molecule has 2 N–H and O–H groups in total. The molecule has 3 amide bonds. The number of hydrogen-bond acceptors (Lipinski definition) is 2. The maximum Gasteiger partial charge on any atom is 0.330 e. The minimum absolute atomic E-state index is 0.178. The zero-order valence-electron chi connectivity index (χ0n) is 16.4. The summed E-state index contributed by atoms with van der Waals surface area (Å²) in [5, 5.41) is 3.05. The maximum absolute atomic E-state index is 13.7. The number of likely N-dealkylation sites (tertiary alicyclic amines) is 1. The van der Waals surface area contributed by atoms with E-state index in [0.29, 0.717) is 12.7 Å². The average Bonchev–Trinajstić information content (AvgIpc) is 3.01. The molecule has 5 nitrogen and oxygen atoms in total. The summed E-state index contributed by atoms with van der Waals surface area (Å²) >= 11 is 0. The minimum Gasteiger partial charge on any atom is -0.315 e. The summed E-state index contributed by atoms with van der Waals surface area (Å²) in [5.41, 5.74) is 0.432. The molecule has 0 saturated carbocycles. The Balaban J connectivity index is 1.71. The summed E-state index contributed by atoms with van der Waals surface area (Å²) in [6.07, 6.45) is 4.62. The molecule has 146 valence electrons. The van der Waals surface area contributed by atoms with Gasteiger partial charge in [-0.25, -0.2) is 9.69 Å². The number of rotatable bonds is 5. The fraction of sp³-hybridized carbons (Fsp3) is 0.391. The number of nitrogens with one attached hydrogen (secondary N) is 2. The van der Waals surface area contributed by atoms with E-state index in [2.05, 4.69) is 12.2 Å². The van der Waals surface area contributed by atoms with Gasteiger partial charge in [0.05, 0.1) is 12.6 Å². The van der Waals surface area contributed by atoms with Crippen LogP contribution in [0.15, 0.2) is 60.7 Å². The average molecular weight is 378 g/mol. The Morgan fingerprint density at radius 1 is 1.00 bits per heavy atom. The first-order chi connectivity index (χ1) is 13.7. The summed E-state index contributed by atoms with van der Waals surface area (Å²) in [6, 6.07) is 19.3. The van der Waals surface area contributed by atoms with Crippen LogP contribution in [0.3, 0.4) is 0 Å². The number of imide groups is 1. The fourth-order valence-corrected chi connectivity index (χ4v) is 4.71. The number of amides is 3. The third kappa shape index (κ3) is 3.10. The zero-order valence-corrected chi connectivity index (χ0v) is 16.4. The van der Waals surface area contributed by atoms with Crippen molar-refractivity contribution in [1.29, 1.82) is 0 Å². The van der Waals surface area contributed by atoms with Gasteiger partial charge < -0.3 is 10.2 Å². The second-order valence-electron chi connectivity index (χ2n) is 7.81. The largest absolute Gasteiger partial charge is 0.330 e. The molecule has 4 rings (SSSR count). The number of carbonyl (C=O) groups is 2. The molecular weight excluding hydrogens is 350 g/mol. The topological polar surface area (TPSA) is 53.9 Å². The third-order valence-electron chi connectivity index (χ3n) is 6.25. The first kappa shape index (κ1) is 18.7. The third-order valence-corrected chi connectivity index (χ3v) is 6.25. The van der Waals surface area contributed by atoms with Crippen molar-refractivity contribution < 1.29 is 14.5 Å². The van der Waals surface area contributed by atoms with E-state index in [-0.39, 0.29) is 11.9 Å². The molecule has 5 heteroatoms. The van der Waals surface area contributed by atoms with Gasteiger partial charge in [-0.15, -0.1) is 0 Å². The van der Waals surface area contributed by atoms with Gasteiger partial charge in [0.25, 0.3) is 5.91 Å². The molecule has 2 heterocycles. The van der Waals surface area contributed by atoms with Crippen molar-refractivity contribution in [2.75, 3.05) is 13.2 Å². The van der Waals surface area contributed by atoms with Crippen molar-refractivity contribution in [3.8, 4) is 0 Å². The van der Waals surface area contributed by atoms with Gasteiger partial charge in [-0.1, -0.05) is 67.6 Å². The highest BCUT2D eigenvalue weighted by molar-refractivity contribution is 6.09. The van der Waals surface area contributed by atoms with Crippen LogP contribution in [0.5, 0.6) is 0 Å². The van der Waals surface area contributed by atoms with Crippen molar-refractivity contribution in [3.05, 3.63) is 71.8 Å². The molecule has 2 atom stereocenters. The number of urea groups is 1. The number of piperidine rings is 1. The van der Waals surface area contributed by atoms with Crippen LogP contribution in [0.1, 0.15) is 43.7 Å². The lowest BCUT2D eigenvalue weighted by Crippen LogP contribution is -3.18. The molecule has 2 aromatic carbocycles. The lowest BCUT2D eigenvalue weighted by atomic mass is 9.83. The van der Waals surface area contributed by atoms with Gasteiger partial charge in [-0.3, -0.25) is 4.79 Å². The van der Waals surface area contributed by atoms with Crippen molar-refractivity contribution in [3.63, 3.8) is 0 Å². The number of quaternary nitrogens is 1. The Kier molecular flexibility index (Phi) is 5.18. The summed E-state index contributed by atoms with van der Waals surface area (Å²) in [7, 11) is 0. The summed E-state index contributed by atoms with van der Waals surface area (Å²) in [6.45, 7) is 3.64. The highest BCUT2D eigenvalue weighted by Crippen LogP contribution is 2.35. The lowest BCUT2D eigenvalue weighted by molar-refractivity contribution is -0.937. The number of benzene rings is 2.